The van der Waals surface area contributed by atoms with E-state index in [1.54, 1.807) is 18.2 Å². The molecule has 1 aromatic heterocycles. The maximum absolute atomic E-state index is 12.4. The Hall–Kier alpha value is -1.63. The summed E-state index contributed by atoms with van der Waals surface area (Å²) in [6.45, 7) is 0.802. The molecule has 112 valence electrons. The van der Waals surface area contributed by atoms with E-state index in [9.17, 15) is 8.42 Å². The van der Waals surface area contributed by atoms with Gasteiger partial charge >= 0.3 is 0 Å². The second-order valence-electron chi connectivity index (χ2n) is 5.22. The van der Waals surface area contributed by atoms with Gasteiger partial charge in [0.15, 0.2) is 0 Å². The fraction of sp³-hybridized carbons (Fsp3) is 0.333. The monoisotopic (exact) mass is 306 g/mol. The van der Waals surface area contributed by atoms with Crippen LogP contribution in [0, 0.1) is 0 Å². The third kappa shape index (κ3) is 3.72. The zero-order chi connectivity index (χ0) is 14.7. The van der Waals surface area contributed by atoms with Crippen LogP contribution in [0.15, 0.2) is 52.2 Å². The molecule has 1 heterocycles. The Morgan fingerprint density at radius 2 is 1.95 bits per heavy atom. The zero-order valence-electron chi connectivity index (χ0n) is 11.6. The lowest BCUT2D eigenvalue weighted by molar-refractivity contribution is 0.560. The van der Waals surface area contributed by atoms with E-state index >= 15 is 0 Å². The summed E-state index contributed by atoms with van der Waals surface area (Å²) in [4.78, 5) is 0.335. The maximum Gasteiger partial charge on any atom is 0.241 e. The molecule has 6 heteroatoms. The third-order valence-corrected chi connectivity index (χ3v) is 4.97. The zero-order valence-corrected chi connectivity index (χ0v) is 12.4. The highest BCUT2D eigenvalue weighted by atomic mass is 32.2. The lowest BCUT2D eigenvalue weighted by Gasteiger charge is -2.11. The van der Waals surface area contributed by atoms with Gasteiger partial charge < -0.3 is 9.73 Å². The van der Waals surface area contributed by atoms with Crippen molar-refractivity contribution in [3.05, 3.63) is 54.0 Å². The first-order valence-corrected chi connectivity index (χ1v) is 8.45. The minimum Gasteiger partial charge on any atom is -0.472 e. The van der Waals surface area contributed by atoms with Crippen molar-refractivity contribution < 1.29 is 12.8 Å². The van der Waals surface area contributed by atoms with E-state index in [0.29, 0.717) is 17.5 Å². The lowest BCUT2D eigenvalue weighted by atomic mass is 10.2. The van der Waals surface area contributed by atoms with E-state index in [1.165, 1.54) is 25.4 Å². The van der Waals surface area contributed by atoms with Gasteiger partial charge in [0.2, 0.25) is 10.0 Å². The Labute approximate surface area is 124 Å². The topological polar surface area (TPSA) is 71.3 Å². The van der Waals surface area contributed by atoms with E-state index in [1.807, 2.05) is 12.1 Å². The summed E-state index contributed by atoms with van der Waals surface area (Å²) in [5.74, 6) is 0. The van der Waals surface area contributed by atoms with Crippen molar-refractivity contribution in [3.63, 3.8) is 0 Å². The van der Waals surface area contributed by atoms with Gasteiger partial charge in [0.25, 0.3) is 0 Å². The Bertz CT molecular complexity index is 691. The summed E-state index contributed by atoms with van der Waals surface area (Å²) >= 11 is 0. The van der Waals surface area contributed by atoms with Crippen molar-refractivity contribution in [1.82, 2.24) is 10.0 Å². The summed E-state index contributed by atoms with van der Waals surface area (Å²) in [7, 11) is -3.53. The average Bonchev–Trinajstić information content (AvgIpc) is 3.17. The van der Waals surface area contributed by atoms with Crippen molar-refractivity contribution in [3.8, 4) is 0 Å². The number of hydrogen-bond acceptors (Lipinski definition) is 4. The summed E-state index contributed by atoms with van der Waals surface area (Å²) in [6.07, 6.45) is 5.40. The first-order valence-electron chi connectivity index (χ1n) is 6.97. The molecule has 0 unspecified atom stereocenters. The molecule has 3 rings (SSSR count). The molecule has 5 nitrogen and oxygen atoms in total. The predicted molar refractivity (Wildman–Crippen MR) is 79.0 cm³/mol. The molecule has 0 saturated heterocycles. The largest absolute Gasteiger partial charge is 0.472 e. The van der Waals surface area contributed by atoms with E-state index in [2.05, 4.69) is 10.0 Å². The minimum absolute atomic E-state index is 0.225. The van der Waals surface area contributed by atoms with Gasteiger partial charge in [0.05, 0.1) is 17.4 Å². The quantitative estimate of drug-likeness (QED) is 0.821. The molecule has 0 amide bonds. The Morgan fingerprint density at radius 3 is 2.67 bits per heavy atom. The molecule has 1 aromatic carbocycles. The molecule has 0 radical (unpaired) electrons. The van der Waals surface area contributed by atoms with Crippen LogP contribution in [0.2, 0.25) is 0 Å². The second kappa shape index (κ2) is 6.01. The van der Waals surface area contributed by atoms with Gasteiger partial charge in [0.1, 0.15) is 0 Å². The molecule has 0 aliphatic heterocycles. The molecule has 1 aliphatic rings. The van der Waals surface area contributed by atoms with E-state index in [0.717, 1.165) is 11.1 Å². The first-order chi connectivity index (χ1) is 10.1. The van der Waals surface area contributed by atoms with Crippen molar-refractivity contribution in [1.29, 1.82) is 0 Å². The summed E-state index contributed by atoms with van der Waals surface area (Å²) in [5.41, 5.74) is 1.59. The van der Waals surface area contributed by atoms with Gasteiger partial charge in [-0.1, -0.05) is 18.2 Å². The Kier molecular flexibility index (Phi) is 4.10. The fourth-order valence-electron chi connectivity index (χ4n) is 2.10. The summed E-state index contributed by atoms with van der Waals surface area (Å²) in [5, 5.41) is 3.35. The minimum atomic E-state index is -3.53. The van der Waals surface area contributed by atoms with Crippen LogP contribution < -0.4 is 10.0 Å². The van der Waals surface area contributed by atoms with Crippen LogP contribution in [0.3, 0.4) is 0 Å². The van der Waals surface area contributed by atoms with Crippen molar-refractivity contribution in [2.45, 2.75) is 36.9 Å². The number of nitrogens with one attached hydrogen (secondary N) is 2. The third-order valence-electron chi connectivity index (χ3n) is 3.47. The van der Waals surface area contributed by atoms with Gasteiger partial charge in [-0.25, -0.2) is 13.1 Å². The average molecular weight is 306 g/mol. The normalized spacial score (nSPS) is 15.2. The molecule has 1 fully saturated rings. The van der Waals surface area contributed by atoms with Crippen LogP contribution in [0.5, 0.6) is 0 Å². The smallest absolute Gasteiger partial charge is 0.241 e. The highest BCUT2D eigenvalue weighted by Gasteiger charge is 2.22. The van der Waals surface area contributed by atoms with Gasteiger partial charge in [0, 0.05) is 24.7 Å². The van der Waals surface area contributed by atoms with Crippen molar-refractivity contribution in [2.24, 2.45) is 0 Å². The molecule has 0 atom stereocenters. The highest BCUT2D eigenvalue weighted by molar-refractivity contribution is 7.89. The predicted octanol–water partition coefficient (Wildman–Crippen LogP) is 2.01. The first kappa shape index (κ1) is 14.3. The van der Waals surface area contributed by atoms with Crippen molar-refractivity contribution >= 4 is 10.0 Å². The number of furan rings is 1. The van der Waals surface area contributed by atoms with E-state index in [-0.39, 0.29) is 6.54 Å². The molecule has 2 aromatic rings. The Morgan fingerprint density at radius 1 is 1.14 bits per heavy atom. The number of hydrogen-bond donors (Lipinski definition) is 2. The molecule has 1 saturated carbocycles. The summed E-state index contributed by atoms with van der Waals surface area (Å²) in [6, 6.07) is 9.37. The molecule has 0 bridgehead atoms. The summed E-state index contributed by atoms with van der Waals surface area (Å²) < 4.78 is 32.4. The highest BCUT2D eigenvalue weighted by Crippen LogP contribution is 2.21. The molecule has 21 heavy (non-hydrogen) atoms. The number of rotatable bonds is 7. The van der Waals surface area contributed by atoms with Crippen molar-refractivity contribution in [2.75, 3.05) is 0 Å². The maximum atomic E-state index is 12.4. The van der Waals surface area contributed by atoms with Gasteiger partial charge in [-0.2, -0.15) is 0 Å². The Balaban J connectivity index is 1.73. The molecule has 1 aliphatic carbocycles. The van der Waals surface area contributed by atoms with Gasteiger partial charge in [-0.05, 0) is 30.5 Å². The fourth-order valence-corrected chi connectivity index (χ4v) is 3.36. The van der Waals surface area contributed by atoms with E-state index < -0.39 is 10.0 Å². The molecule has 2 N–H and O–H groups in total. The van der Waals surface area contributed by atoms with E-state index in [4.69, 9.17) is 4.42 Å². The molecular formula is C15H18N2O3S. The van der Waals surface area contributed by atoms with Crippen LogP contribution in [0.25, 0.3) is 0 Å². The van der Waals surface area contributed by atoms with Gasteiger partial charge in [-0.3, -0.25) is 0 Å². The van der Waals surface area contributed by atoms with Gasteiger partial charge in [-0.15, -0.1) is 0 Å². The molecule has 0 spiro atoms. The number of sulfonamides is 1. The standard InChI is InChI=1S/C15H18N2O3S/c18-21(19,17-9-12-7-8-20-11-12)15-4-2-1-3-13(15)10-16-14-5-6-14/h1-4,7-8,11,14,16-17H,5-6,9-10H2. The van der Waals surface area contributed by atoms with Crippen LogP contribution >= 0.6 is 0 Å². The second-order valence-corrected chi connectivity index (χ2v) is 6.95. The van der Waals surface area contributed by atoms with Crippen LogP contribution in [-0.4, -0.2) is 14.5 Å². The molecular weight excluding hydrogens is 288 g/mol. The van der Waals surface area contributed by atoms with Crippen LogP contribution in [-0.2, 0) is 23.1 Å². The van der Waals surface area contributed by atoms with Crippen LogP contribution in [0.1, 0.15) is 24.0 Å². The van der Waals surface area contributed by atoms with Crippen LogP contribution in [0.4, 0.5) is 0 Å². The number of benzene rings is 1. The lowest BCUT2D eigenvalue weighted by Crippen LogP contribution is -2.25. The SMILES string of the molecule is O=S(=O)(NCc1ccoc1)c1ccccc1CNC1CC1.